The summed E-state index contributed by atoms with van der Waals surface area (Å²) < 4.78 is 53.3. The normalized spacial score (nSPS) is 11.4. The van der Waals surface area contributed by atoms with Gasteiger partial charge in [0.15, 0.2) is 11.6 Å². The van der Waals surface area contributed by atoms with Gasteiger partial charge in [0.1, 0.15) is 0 Å². The number of halogens is 3. The summed E-state index contributed by atoms with van der Waals surface area (Å²) in [6.45, 7) is 1.73. The molecule has 0 radical (unpaired) electrons. The maximum Gasteiger partial charge on any atom is 0.262 e. The average molecular weight is 362 g/mol. The molecule has 2 aromatic rings. The van der Waals surface area contributed by atoms with Crippen LogP contribution in [0.15, 0.2) is 45.8 Å². The standard InChI is InChI=1S/C13H10BrF2NO2S/c1-8-6-9(14)2-5-13(8)17-20(18,19)10-3-4-11(15)12(16)7-10/h2-7,17H,1H3. The number of rotatable bonds is 3. The molecule has 0 aliphatic carbocycles. The lowest BCUT2D eigenvalue weighted by atomic mass is 10.2. The van der Waals surface area contributed by atoms with Crippen LogP contribution in [0.3, 0.4) is 0 Å². The van der Waals surface area contributed by atoms with E-state index < -0.39 is 21.7 Å². The predicted octanol–water partition coefficient (Wildman–Crippen LogP) is 3.84. The van der Waals surface area contributed by atoms with E-state index >= 15 is 0 Å². The maximum atomic E-state index is 13.1. The van der Waals surface area contributed by atoms with Crippen LogP contribution in [0.2, 0.25) is 0 Å². The van der Waals surface area contributed by atoms with E-state index in [2.05, 4.69) is 20.7 Å². The molecule has 0 saturated heterocycles. The summed E-state index contributed by atoms with van der Waals surface area (Å²) in [5.74, 6) is -2.30. The Morgan fingerprint density at radius 1 is 1.05 bits per heavy atom. The Balaban J connectivity index is 2.38. The molecule has 0 aliphatic rings. The summed E-state index contributed by atoms with van der Waals surface area (Å²) >= 11 is 3.27. The number of benzene rings is 2. The van der Waals surface area contributed by atoms with Crippen molar-refractivity contribution in [3.8, 4) is 0 Å². The highest BCUT2D eigenvalue weighted by molar-refractivity contribution is 9.10. The fourth-order valence-electron chi connectivity index (χ4n) is 1.59. The summed E-state index contributed by atoms with van der Waals surface area (Å²) in [5, 5.41) is 0. The number of hydrogen-bond donors (Lipinski definition) is 1. The molecule has 0 unspecified atom stereocenters. The van der Waals surface area contributed by atoms with E-state index in [1.807, 2.05) is 0 Å². The third-order valence-corrected chi connectivity index (χ3v) is 4.49. The molecule has 0 aromatic heterocycles. The molecule has 0 bridgehead atoms. The molecule has 1 N–H and O–H groups in total. The van der Waals surface area contributed by atoms with Crippen LogP contribution in [0.25, 0.3) is 0 Å². The first-order valence-electron chi connectivity index (χ1n) is 5.53. The first kappa shape index (κ1) is 14.9. The molecule has 0 saturated carbocycles. The van der Waals surface area contributed by atoms with Gasteiger partial charge in [-0.1, -0.05) is 15.9 Å². The Morgan fingerprint density at radius 2 is 1.75 bits per heavy atom. The summed E-state index contributed by atoms with van der Waals surface area (Å²) in [4.78, 5) is -0.335. The molecule has 0 heterocycles. The van der Waals surface area contributed by atoms with Crippen LogP contribution < -0.4 is 4.72 Å². The van der Waals surface area contributed by atoms with Crippen molar-refractivity contribution in [1.29, 1.82) is 0 Å². The van der Waals surface area contributed by atoms with Crippen molar-refractivity contribution >= 4 is 31.6 Å². The molecule has 20 heavy (non-hydrogen) atoms. The Hall–Kier alpha value is -1.47. The zero-order valence-electron chi connectivity index (χ0n) is 10.3. The van der Waals surface area contributed by atoms with Crippen molar-refractivity contribution in [3.63, 3.8) is 0 Å². The fraction of sp³-hybridized carbons (Fsp3) is 0.0769. The number of nitrogens with one attached hydrogen (secondary N) is 1. The summed E-state index contributed by atoms with van der Waals surface area (Å²) in [5.41, 5.74) is 1.07. The number of anilines is 1. The average Bonchev–Trinajstić information content (AvgIpc) is 2.36. The molecule has 106 valence electrons. The van der Waals surface area contributed by atoms with Gasteiger partial charge in [-0.3, -0.25) is 4.72 Å². The van der Waals surface area contributed by atoms with E-state index in [1.54, 1.807) is 25.1 Å². The number of hydrogen-bond acceptors (Lipinski definition) is 2. The van der Waals surface area contributed by atoms with Crippen LogP contribution in [0, 0.1) is 18.6 Å². The highest BCUT2D eigenvalue weighted by atomic mass is 79.9. The van der Waals surface area contributed by atoms with Crippen LogP contribution in [0.5, 0.6) is 0 Å². The third-order valence-electron chi connectivity index (χ3n) is 2.63. The molecular formula is C13H10BrF2NO2S. The topological polar surface area (TPSA) is 46.2 Å². The Labute approximate surface area is 123 Å². The molecule has 2 rings (SSSR count). The van der Waals surface area contributed by atoms with E-state index in [9.17, 15) is 17.2 Å². The zero-order valence-corrected chi connectivity index (χ0v) is 12.7. The molecule has 3 nitrogen and oxygen atoms in total. The molecule has 7 heteroatoms. The fourth-order valence-corrected chi connectivity index (χ4v) is 3.21. The lowest BCUT2D eigenvalue weighted by molar-refractivity contribution is 0.504. The molecule has 2 aromatic carbocycles. The van der Waals surface area contributed by atoms with Crippen molar-refractivity contribution in [2.75, 3.05) is 4.72 Å². The van der Waals surface area contributed by atoms with Gasteiger partial charge >= 0.3 is 0 Å². The van der Waals surface area contributed by atoms with Crippen molar-refractivity contribution in [1.82, 2.24) is 0 Å². The Kier molecular flexibility index (Phi) is 4.10. The summed E-state index contributed by atoms with van der Waals surface area (Å²) in [6, 6.07) is 7.43. The van der Waals surface area contributed by atoms with Gasteiger partial charge in [0.25, 0.3) is 10.0 Å². The van der Waals surface area contributed by atoms with Gasteiger partial charge in [-0.25, -0.2) is 17.2 Å². The first-order chi connectivity index (χ1) is 9.29. The quantitative estimate of drug-likeness (QED) is 0.902. The molecule has 0 fully saturated rings. The van der Waals surface area contributed by atoms with Gasteiger partial charge in [-0.15, -0.1) is 0 Å². The minimum Gasteiger partial charge on any atom is -0.279 e. The highest BCUT2D eigenvalue weighted by Crippen LogP contribution is 2.23. The largest absolute Gasteiger partial charge is 0.279 e. The molecular weight excluding hydrogens is 352 g/mol. The second kappa shape index (κ2) is 5.49. The predicted molar refractivity (Wildman–Crippen MR) is 76.0 cm³/mol. The SMILES string of the molecule is Cc1cc(Br)ccc1NS(=O)(=O)c1ccc(F)c(F)c1. The van der Waals surface area contributed by atoms with Crippen LogP contribution in [-0.2, 0) is 10.0 Å². The van der Waals surface area contributed by atoms with Gasteiger partial charge in [-0.05, 0) is 48.9 Å². The van der Waals surface area contributed by atoms with Gasteiger partial charge in [0, 0.05) is 4.47 Å². The molecule has 0 aliphatic heterocycles. The van der Waals surface area contributed by atoms with E-state index in [4.69, 9.17) is 0 Å². The lowest BCUT2D eigenvalue weighted by Crippen LogP contribution is -2.14. The zero-order chi connectivity index (χ0) is 14.9. The van der Waals surface area contributed by atoms with Crippen molar-refractivity contribution < 1.29 is 17.2 Å². The number of sulfonamides is 1. The first-order valence-corrected chi connectivity index (χ1v) is 7.81. The Morgan fingerprint density at radius 3 is 2.35 bits per heavy atom. The van der Waals surface area contributed by atoms with Crippen LogP contribution >= 0.6 is 15.9 Å². The minimum absolute atomic E-state index is 0.335. The van der Waals surface area contributed by atoms with E-state index in [-0.39, 0.29) is 4.90 Å². The lowest BCUT2D eigenvalue weighted by Gasteiger charge is -2.11. The second-order valence-electron chi connectivity index (χ2n) is 4.14. The van der Waals surface area contributed by atoms with Crippen LogP contribution in [0.1, 0.15) is 5.56 Å². The van der Waals surface area contributed by atoms with Crippen LogP contribution in [-0.4, -0.2) is 8.42 Å². The molecule has 0 spiro atoms. The second-order valence-corrected chi connectivity index (χ2v) is 6.74. The van der Waals surface area contributed by atoms with Gasteiger partial charge in [0.2, 0.25) is 0 Å². The smallest absolute Gasteiger partial charge is 0.262 e. The number of aryl methyl sites for hydroxylation is 1. The van der Waals surface area contributed by atoms with Crippen LogP contribution in [0.4, 0.5) is 14.5 Å². The van der Waals surface area contributed by atoms with E-state index in [0.717, 1.165) is 16.6 Å². The Bertz CT molecular complexity index is 763. The van der Waals surface area contributed by atoms with Crippen molar-refractivity contribution in [3.05, 3.63) is 58.1 Å². The van der Waals surface area contributed by atoms with E-state index in [1.165, 1.54) is 0 Å². The van der Waals surface area contributed by atoms with Gasteiger partial charge in [0.05, 0.1) is 10.6 Å². The molecule has 0 atom stereocenters. The summed E-state index contributed by atoms with van der Waals surface area (Å²) in [6.07, 6.45) is 0. The minimum atomic E-state index is -3.96. The maximum absolute atomic E-state index is 13.1. The summed E-state index contributed by atoms with van der Waals surface area (Å²) in [7, 11) is -3.96. The van der Waals surface area contributed by atoms with Crippen molar-refractivity contribution in [2.24, 2.45) is 0 Å². The van der Waals surface area contributed by atoms with Gasteiger partial charge < -0.3 is 0 Å². The van der Waals surface area contributed by atoms with E-state index in [0.29, 0.717) is 17.3 Å². The van der Waals surface area contributed by atoms with Crippen molar-refractivity contribution in [2.45, 2.75) is 11.8 Å². The van der Waals surface area contributed by atoms with Gasteiger partial charge in [-0.2, -0.15) is 0 Å². The third kappa shape index (κ3) is 3.16. The highest BCUT2D eigenvalue weighted by Gasteiger charge is 2.17. The molecule has 0 amide bonds. The monoisotopic (exact) mass is 361 g/mol.